The highest BCUT2D eigenvalue weighted by atomic mass is 16.3. The van der Waals surface area contributed by atoms with E-state index in [1.54, 1.807) is 6.07 Å². The number of hydrogen-bond donors (Lipinski definition) is 1. The van der Waals surface area contributed by atoms with Gasteiger partial charge in [0.05, 0.1) is 20.1 Å². The number of likely N-dealkylation sites (tertiary alicyclic amines) is 1. The third-order valence-corrected chi connectivity index (χ3v) is 8.50. The van der Waals surface area contributed by atoms with Crippen LogP contribution in [0.4, 0.5) is 0 Å². The molecule has 1 aromatic carbocycles. The van der Waals surface area contributed by atoms with Gasteiger partial charge in [-0.3, -0.25) is 0 Å². The summed E-state index contributed by atoms with van der Waals surface area (Å²) in [7, 11) is 2.41. The Balaban J connectivity index is 1.63. The quantitative estimate of drug-likeness (QED) is 0.841. The number of benzene rings is 1. The first kappa shape index (κ1) is 16.1. The van der Waals surface area contributed by atoms with Gasteiger partial charge in [0.1, 0.15) is 11.6 Å². The maximum Gasteiger partial charge on any atom is 0.126 e. The van der Waals surface area contributed by atoms with Crippen molar-refractivity contribution in [3.63, 3.8) is 0 Å². The summed E-state index contributed by atoms with van der Waals surface area (Å²) >= 11 is 0. The molecule has 0 spiro atoms. The molecular formula is C22H31NO2. The molecule has 1 aliphatic heterocycles. The second-order valence-electron chi connectivity index (χ2n) is 9.68. The molecule has 0 amide bonds. The maximum atomic E-state index is 12.1. The van der Waals surface area contributed by atoms with Crippen LogP contribution in [0, 0.1) is 5.92 Å². The molecule has 1 aromatic rings. The van der Waals surface area contributed by atoms with E-state index in [2.05, 4.69) is 13.1 Å². The molecule has 136 valence electrons. The number of fused-ring (bicyclic) bond motifs is 1. The number of hydrogen-bond acceptors (Lipinski definition) is 2. The van der Waals surface area contributed by atoms with Gasteiger partial charge in [-0.05, 0) is 36.8 Å². The minimum absolute atomic E-state index is 0.108. The van der Waals surface area contributed by atoms with Gasteiger partial charge in [0.25, 0.3) is 0 Å². The predicted octanol–water partition coefficient (Wildman–Crippen LogP) is 2.88. The van der Waals surface area contributed by atoms with E-state index in [1.165, 1.54) is 43.4 Å². The first-order valence-corrected chi connectivity index (χ1v) is 10.3. The molecular weight excluding hydrogens is 310 g/mol. The fourth-order valence-corrected chi connectivity index (χ4v) is 6.98. The Bertz CT molecular complexity index is 699. The van der Waals surface area contributed by atoms with Crippen LogP contribution in [0.2, 0.25) is 0 Å². The summed E-state index contributed by atoms with van der Waals surface area (Å²) in [5.74, 6) is 0.965. The van der Waals surface area contributed by atoms with Crippen molar-refractivity contribution in [2.45, 2.75) is 74.8 Å². The molecule has 0 unspecified atom stereocenters. The molecule has 0 aromatic heterocycles. The van der Waals surface area contributed by atoms with Crippen molar-refractivity contribution in [3.05, 3.63) is 29.3 Å². The Hall–Kier alpha value is -1.06. The molecule has 1 heterocycles. The summed E-state index contributed by atoms with van der Waals surface area (Å²) in [5, 5.41) is 24.2. The molecule has 0 radical (unpaired) electrons. The Labute approximate surface area is 151 Å². The average molecular weight is 341 g/mol. The van der Waals surface area contributed by atoms with Gasteiger partial charge in [-0.15, -0.1) is 5.75 Å². The van der Waals surface area contributed by atoms with Crippen molar-refractivity contribution < 1.29 is 14.7 Å². The van der Waals surface area contributed by atoms with Gasteiger partial charge < -0.3 is 14.7 Å². The highest BCUT2D eigenvalue weighted by Crippen LogP contribution is 2.60. The summed E-state index contributed by atoms with van der Waals surface area (Å²) in [6.07, 6.45) is 10.4. The monoisotopic (exact) mass is 341 g/mol. The number of nitrogens with zero attached hydrogens (tertiary/aromatic N) is 1. The van der Waals surface area contributed by atoms with Crippen molar-refractivity contribution in [1.29, 1.82) is 0 Å². The summed E-state index contributed by atoms with van der Waals surface area (Å²) in [6, 6.07) is 5.96. The van der Waals surface area contributed by atoms with E-state index in [0.717, 1.165) is 49.0 Å². The summed E-state index contributed by atoms with van der Waals surface area (Å²) in [4.78, 5) is 0. The van der Waals surface area contributed by atoms with E-state index >= 15 is 0 Å². The zero-order chi connectivity index (χ0) is 17.3. The molecule has 3 aliphatic carbocycles. The normalized spacial score (nSPS) is 43.0. The van der Waals surface area contributed by atoms with Gasteiger partial charge in [0.2, 0.25) is 0 Å². The van der Waals surface area contributed by atoms with E-state index in [9.17, 15) is 10.2 Å². The zero-order valence-electron chi connectivity index (χ0n) is 15.5. The molecule has 2 bridgehead atoms. The van der Waals surface area contributed by atoms with Crippen molar-refractivity contribution in [2.75, 3.05) is 20.1 Å². The third-order valence-electron chi connectivity index (χ3n) is 8.50. The van der Waals surface area contributed by atoms with Gasteiger partial charge in [0.15, 0.2) is 0 Å². The topological polar surface area (TPSA) is 43.3 Å². The van der Waals surface area contributed by atoms with Crippen molar-refractivity contribution >= 4 is 0 Å². The number of piperidine rings is 1. The second kappa shape index (κ2) is 5.23. The van der Waals surface area contributed by atoms with Crippen LogP contribution in [0.15, 0.2) is 18.2 Å². The minimum atomic E-state index is -0.622. The van der Waals surface area contributed by atoms with Gasteiger partial charge in [-0.2, -0.15) is 0 Å². The Morgan fingerprint density at radius 1 is 1.16 bits per heavy atom. The van der Waals surface area contributed by atoms with Gasteiger partial charge >= 0.3 is 0 Å². The minimum Gasteiger partial charge on any atom is -0.872 e. The van der Waals surface area contributed by atoms with Gasteiger partial charge in [-0.1, -0.05) is 37.5 Å². The number of rotatable bonds is 2. The molecule has 1 saturated heterocycles. The molecule has 3 nitrogen and oxygen atoms in total. The summed E-state index contributed by atoms with van der Waals surface area (Å²) in [5.41, 5.74) is 1.76. The highest BCUT2D eigenvalue weighted by Gasteiger charge is 2.68. The predicted molar refractivity (Wildman–Crippen MR) is 96.4 cm³/mol. The Morgan fingerprint density at radius 2 is 1.96 bits per heavy atom. The lowest BCUT2D eigenvalue weighted by Crippen LogP contribution is -2.78. The molecule has 1 N–H and O–H groups in total. The molecule has 5 rings (SSSR count). The fraction of sp³-hybridized carbons (Fsp3) is 0.727. The van der Waals surface area contributed by atoms with Crippen LogP contribution in [0.25, 0.3) is 0 Å². The first-order valence-electron chi connectivity index (χ1n) is 10.3. The Kier molecular flexibility index (Phi) is 3.38. The van der Waals surface area contributed by atoms with Crippen LogP contribution in [0.1, 0.15) is 62.5 Å². The van der Waals surface area contributed by atoms with E-state index in [0.29, 0.717) is 6.04 Å². The summed E-state index contributed by atoms with van der Waals surface area (Å²) < 4.78 is 1.04. The van der Waals surface area contributed by atoms with Crippen LogP contribution in [0.5, 0.6) is 5.75 Å². The van der Waals surface area contributed by atoms with Crippen LogP contribution < -0.4 is 5.11 Å². The number of quaternary nitrogens is 1. The first-order chi connectivity index (χ1) is 12.0. The molecule has 4 atom stereocenters. The second-order valence-corrected chi connectivity index (χ2v) is 9.68. The van der Waals surface area contributed by atoms with Crippen molar-refractivity contribution in [1.82, 2.24) is 0 Å². The van der Waals surface area contributed by atoms with Crippen molar-refractivity contribution in [3.8, 4) is 5.75 Å². The number of likely N-dealkylation sites (N-methyl/N-ethyl adjacent to an activating group) is 1. The Morgan fingerprint density at radius 3 is 2.72 bits per heavy atom. The van der Waals surface area contributed by atoms with E-state index in [-0.39, 0.29) is 11.2 Å². The molecule has 3 fully saturated rings. The highest BCUT2D eigenvalue weighted by molar-refractivity contribution is 5.47. The molecule has 3 heteroatoms. The van der Waals surface area contributed by atoms with E-state index in [1.807, 2.05) is 6.07 Å². The fourth-order valence-electron chi connectivity index (χ4n) is 6.98. The van der Waals surface area contributed by atoms with E-state index < -0.39 is 5.60 Å². The van der Waals surface area contributed by atoms with E-state index in [4.69, 9.17) is 0 Å². The lowest BCUT2D eigenvalue weighted by atomic mass is 9.49. The van der Waals surface area contributed by atoms with Crippen LogP contribution in [-0.4, -0.2) is 41.4 Å². The maximum absolute atomic E-state index is 12.1. The SMILES string of the molecule is C[N@+]1(CC2CCC2)CC[C@@]23CCCC[C@@]2(O)[C@@H]1Cc1ccc([O-])cc13. The standard InChI is InChI=1S/C22H31NO2/c1-23(15-16-5-4-6-16)12-11-21-9-2-3-10-22(21,25)20(23)13-17-7-8-18(24)14-19(17)21/h7-8,14,16,20,25H,2-6,9-13,15H2,1H3/t20-,21+,22+,23+/m0/s1. The molecule has 2 saturated carbocycles. The van der Waals surface area contributed by atoms with Gasteiger partial charge in [-0.25, -0.2) is 0 Å². The summed E-state index contributed by atoms with van der Waals surface area (Å²) in [6.45, 7) is 2.39. The lowest BCUT2D eigenvalue weighted by molar-refractivity contribution is -0.952. The van der Waals surface area contributed by atoms with Crippen LogP contribution in [0.3, 0.4) is 0 Å². The smallest absolute Gasteiger partial charge is 0.126 e. The molecule has 4 aliphatic rings. The number of aliphatic hydroxyl groups is 1. The van der Waals surface area contributed by atoms with Gasteiger partial charge in [0, 0.05) is 24.2 Å². The third kappa shape index (κ3) is 2.06. The zero-order valence-corrected chi connectivity index (χ0v) is 15.5. The van der Waals surface area contributed by atoms with Crippen molar-refractivity contribution in [2.24, 2.45) is 5.92 Å². The average Bonchev–Trinajstić information content (AvgIpc) is 2.55. The lowest BCUT2D eigenvalue weighted by Gasteiger charge is -2.66. The van der Waals surface area contributed by atoms with Crippen LogP contribution >= 0.6 is 0 Å². The largest absolute Gasteiger partial charge is 0.872 e. The molecule has 25 heavy (non-hydrogen) atoms. The van der Waals surface area contributed by atoms with Crippen LogP contribution in [-0.2, 0) is 11.8 Å².